The van der Waals surface area contributed by atoms with Crippen LogP contribution in [0.3, 0.4) is 0 Å². The van der Waals surface area contributed by atoms with Crippen molar-refractivity contribution in [1.82, 2.24) is 4.90 Å². The van der Waals surface area contributed by atoms with E-state index in [4.69, 9.17) is 4.74 Å². The summed E-state index contributed by atoms with van der Waals surface area (Å²) < 4.78 is 5.34. The maximum atomic E-state index is 5.34. The van der Waals surface area contributed by atoms with E-state index in [9.17, 15) is 0 Å². The Morgan fingerprint density at radius 2 is 1.95 bits per heavy atom. The fraction of sp³-hybridized carbons (Fsp3) is 0.263. The van der Waals surface area contributed by atoms with E-state index in [1.807, 2.05) is 6.07 Å². The Balaban J connectivity index is 1.90. The molecule has 21 heavy (non-hydrogen) atoms. The van der Waals surface area contributed by atoms with Gasteiger partial charge in [-0.25, -0.2) is 0 Å². The van der Waals surface area contributed by atoms with E-state index < -0.39 is 0 Å². The van der Waals surface area contributed by atoms with Crippen molar-refractivity contribution in [3.63, 3.8) is 0 Å². The monoisotopic (exact) mass is 279 g/mol. The molecule has 0 aliphatic carbocycles. The van der Waals surface area contributed by atoms with E-state index in [0.717, 1.165) is 18.7 Å². The molecule has 1 aliphatic rings. The Morgan fingerprint density at radius 1 is 1.14 bits per heavy atom. The minimum Gasteiger partial charge on any atom is -0.497 e. The molecule has 108 valence electrons. The molecular formula is C19H21NO. The lowest BCUT2D eigenvalue weighted by atomic mass is 9.92. The Kier molecular flexibility index (Phi) is 4.07. The minimum atomic E-state index is 0.333. The lowest BCUT2D eigenvalue weighted by molar-refractivity contribution is 0.271. The summed E-state index contributed by atoms with van der Waals surface area (Å²) in [5.74, 6) is 0.948. The summed E-state index contributed by atoms with van der Waals surface area (Å²) in [6, 6.07) is 17.2. The third-order valence-electron chi connectivity index (χ3n) is 4.15. The summed E-state index contributed by atoms with van der Waals surface area (Å²) in [6.07, 6.45) is 5.58. The number of methoxy groups -OCH3 is 1. The maximum absolute atomic E-state index is 5.34. The number of hydrogen-bond acceptors (Lipinski definition) is 2. The lowest BCUT2D eigenvalue weighted by Crippen LogP contribution is -2.31. The van der Waals surface area contributed by atoms with Gasteiger partial charge < -0.3 is 4.74 Å². The molecule has 1 heterocycles. The average molecular weight is 279 g/mol. The molecule has 0 bridgehead atoms. The first-order valence-electron chi connectivity index (χ1n) is 7.38. The van der Waals surface area contributed by atoms with Gasteiger partial charge in [0.15, 0.2) is 0 Å². The number of rotatable bonds is 3. The highest BCUT2D eigenvalue weighted by Gasteiger charge is 2.22. The third-order valence-corrected chi connectivity index (χ3v) is 4.15. The van der Waals surface area contributed by atoms with Crippen LogP contribution in [0.2, 0.25) is 0 Å². The number of likely N-dealkylation sites (N-methyl/N-ethyl adjacent to an activating group) is 1. The third kappa shape index (κ3) is 3.01. The summed E-state index contributed by atoms with van der Waals surface area (Å²) in [5, 5.41) is 0. The van der Waals surface area contributed by atoms with Crippen molar-refractivity contribution < 1.29 is 4.74 Å². The molecule has 0 N–H and O–H groups in total. The van der Waals surface area contributed by atoms with Crippen LogP contribution in [0, 0.1) is 0 Å². The average Bonchev–Trinajstić information content (AvgIpc) is 2.54. The molecule has 0 amide bonds. The van der Waals surface area contributed by atoms with Gasteiger partial charge in [0.2, 0.25) is 0 Å². The zero-order valence-corrected chi connectivity index (χ0v) is 12.6. The van der Waals surface area contributed by atoms with Crippen LogP contribution in [-0.2, 0) is 6.42 Å². The summed E-state index contributed by atoms with van der Waals surface area (Å²) in [5.41, 5.74) is 4.03. The van der Waals surface area contributed by atoms with E-state index >= 15 is 0 Å². The van der Waals surface area contributed by atoms with Crippen molar-refractivity contribution in [2.75, 3.05) is 20.7 Å². The molecule has 2 aromatic rings. The van der Waals surface area contributed by atoms with Gasteiger partial charge >= 0.3 is 0 Å². The smallest absolute Gasteiger partial charge is 0.119 e. The van der Waals surface area contributed by atoms with Gasteiger partial charge in [0.05, 0.1) is 13.2 Å². The molecule has 0 fully saturated rings. The normalized spacial score (nSPS) is 18.7. The van der Waals surface area contributed by atoms with E-state index in [1.54, 1.807) is 7.11 Å². The highest BCUT2D eigenvalue weighted by Crippen LogP contribution is 2.32. The molecule has 1 atom stereocenters. The molecule has 3 rings (SSSR count). The molecule has 2 aromatic carbocycles. The van der Waals surface area contributed by atoms with Crippen LogP contribution in [0.1, 0.15) is 22.7 Å². The van der Waals surface area contributed by atoms with Crippen molar-refractivity contribution in [2.45, 2.75) is 12.5 Å². The molecule has 2 heteroatoms. The summed E-state index contributed by atoms with van der Waals surface area (Å²) in [4.78, 5) is 2.40. The number of fused-ring (bicyclic) bond motifs is 1. The second-order valence-electron chi connectivity index (χ2n) is 5.51. The van der Waals surface area contributed by atoms with E-state index in [0.29, 0.717) is 6.04 Å². The molecule has 0 saturated carbocycles. The first-order valence-corrected chi connectivity index (χ1v) is 7.38. The van der Waals surface area contributed by atoms with Crippen LogP contribution in [0.5, 0.6) is 5.75 Å². The number of benzene rings is 2. The molecule has 1 aliphatic heterocycles. The van der Waals surface area contributed by atoms with Gasteiger partial charge in [-0.1, -0.05) is 48.6 Å². The Labute approximate surface area is 126 Å². The summed E-state index contributed by atoms with van der Waals surface area (Å²) in [6.45, 7) is 1.07. The van der Waals surface area contributed by atoms with E-state index in [1.165, 1.54) is 16.7 Å². The zero-order chi connectivity index (χ0) is 14.7. The molecular weight excluding hydrogens is 258 g/mol. The van der Waals surface area contributed by atoms with Crippen LogP contribution in [0.25, 0.3) is 6.08 Å². The van der Waals surface area contributed by atoms with E-state index in [-0.39, 0.29) is 0 Å². The molecule has 1 unspecified atom stereocenters. The van der Waals surface area contributed by atoms with Crippen LogP contribution in [-0.4, -0.2) is 25.6 Å². The van der Waals surface area contributed by atoms with Crippen LogP contribution < -0.4 is 4.74 Å². The van der Waals surface area contributed by atoms with E-state index in [2.05, 4.69) is 66.6 Å². The largest absolute Gasteiger partial charge is 0.497 e. The quantitative estimate of drug-likeness (QED) is 0.844. The predicted octanol–water partition coefficient (Wildman–Crippen LogP) is 3.94. The van der Waals surface area contributed by atoms with Crippen LogP contribution >= 0.6 is 0 Å². The molecule has 0 aromatic heterocycles. The SMILES string of the molecule is COc1ccc2c(c1)CCN(C)C2/C=C/c1ccccc1. The van der Waals surface area contributed by atoms with Crippen LogP contribution in [0.15, 0.2) is 54.6 Å². The number of ether oxygens (including phenoxy) is 1. The highest BCUT2D eigenvalue weighted by molar-refractivity contribution is 5.52. The zero-order valence-electron chi connectivity index (χ0n) is 12.6. The number of nitrogens with zero attached hydrogens (tertiary/aromatic N) is 1. The van der Waals surface area contributed by atoms with Gasteiger partial charge in [0, 0.05) is 6.54 Å². The van der Waals surface area contributed by atoms with Gasteiger partial charge in [-0.3, -0.25) is 4.90 Å². The van der Waals surface area contributed by atoms with Gasteiger partial charge in [-0.2, -0.15) is 0 Å². The van der Waals surface area contributed by atoms with Gasteiger partial charge in [-0.05, 0) is 42.3 Å². The first kappa shape index (κ1) is 13.9. The minimum absolute atomic E-state index is 0.333. The maximum Gasteiger partial charge on any atom is 0.119 e. The Morgan fingerprint density at radius 3 is 2.71 bits per heavy atom. The number of hydrogen-bond donors (Lipinski definition) is 0. The fourth-order valence-corrected chi connectivity index (χ4v) is 2.90. The molecule has 2 nitrogen and oxygen atoms in total. The van der Waals surface area contributed by atoms with Gasteiger partial charge in [0.25, 0.3) is 0 Å². The predicted molar refractivity (Wildman–Crippen MR) is 87.5 cm³/mol. The van der Waals surface area contributed by atoms with Crippen molar-refractivity contribution >= 4 is 6.08 Å². The summed E-state index contributed by atoms with van der Waals surface area (Å²) in [7, 11) is 3.91. The standard InChI is InChI=1S/C19H21NO/c1-20-13-12-16-14-17(21-2)9-10-18(16)19(20)11-8-15-6-4-3-5-7-15/h3-11,14,19H,12-13H2,1-2H3/b11-8+. The topological polar surface area (TPSA) is 12.5 Å². The lowest BCUT2D eigenvalue weighted by Gasteiger charge is -2.33. The summed E-state index contributed by atoms with van der Waals surface area (Å²) >= 11 is 0. The van der Waals surface area contributed by atoms with Gasteiger partial charge in [0.1, 0.15) is 5.75 Å². The Bertz CT molecular complexity index is 633. The Hall–Kier alpha value is -2.06. The molecule has 0 spiro atoms. The van der Waals surface area contributed by atoms with Crippen molar-refractivity contribution in [1.29, 1.82) is 0 Å². The second-order valence-corrected chi connectivity index (χ2v) is 5.51. The first-order chi connectivity index (χ1) is 10.3. The van der Waals surface area contributed by atoms with Gasteiger partial charge in [-0.15, -0.1) is 0 Å². The van der Waals surface area contributed by atoms with Crippen molar-refractivity contribution in [3.8, 4) is 5.75 Å². The molecule has 0 saturated heterocycles. The fourth-order valence-electron chi connectivity index (χ4n) is 2.90. The van der Waals surface area contributed by atoms with Crippen molar-refractivity contribution in [2.24, 2.45) is 0 Å². The van der Waals surface area contributed by atoms with Crippen molar-refractivity contribution in [3.05, 3.63) is 71.3 Å². The van der Waals surface area contributed by atoms with Crippen LogP contribution in [0.4, 0.5) is 0 Å². The second kappa shape index (κ2) is 6.15. The molecule has 0 radical (unpaired) electrons. The highest BCUT2D eigenvalue weighted by atomic mass is 16.5.